The molecule has 8 rings (SSSR count). The number of halogens is 3. The number of rotatable bonds is 2. The highest BCUT2D eigenvalue weighted by Crippen LogP contribution is 2.49. The molecule has 4 heterocycles. The van der Waals surface area contributed by atoms with Crippen LogP contribution in [0.3, 0.4) is 0 Å². The molecule has 284 valence electrons. The van der Waals surface area contributed by atoms with Crippen molar-refractivity contribution in [1.82, 2.24) is 9.62 Å². The van der Waals surface area contributed by atoms with Crippen LogP contribution < -0.4 is 14.4 Å². The molecule has 6 aliphatic rings. The average molecular weight is 760 g/mol. The Labute approximate surface area is 312 Å². The molecule has 2 saturated heterocycles. The third kappa shape index (κ3) is 6.98. The largest absolute Gasteiger partial charge is 0.490 e. The van der Waals surface area contributed by atoms with Crippen molar-refractivity contribution in [1.29, 1.82) is 0 Å². The van der Waals surface area contributed by atoms with Crippen molar-refractivity contribution in [2.24, 2.45) is 23.7 Å². The first-order valence-corrected chi connectivity index (χ1v) is 21.3. The van der Waals surface area contributed by atoms with Gasteiger partial charge in [0.15, 0.2) is 6.29 Å². The molecular formula is C40H52ClF2N3O5S. The first-order valence-electron chi connectivity index (χ1n) is 19.1. The van der Waals surface area contributed by atoms with Crippen molar-refractivity contribution >= 4 is 38.8 Å². The standard InChI is InChI=1S/C40H52ClF2N3O5S/c1-25-6-4-8-33(38-49-19-31(20-50-38)46-22-40(42,43)23-46)32-12-9-29(32)18-45-21-39(15-5-7-27-16-30(41)11-13-34(27)39)24-51-36-14-10-28(17-35(36)45)37(47)44-52(3,48)26(25)2/h10-11,13-14,16-17,25-26,29,31-33,38H,3-9,12,15,18-24H2,1-2H3,(H,44,47,48)/t25-,26+,29-,31?,32+,33+,38?,39-,52?/m0/s1. The molecular weight excluding hydrogens is 708 g/mol. The van der Waals surface area contributed by atoms with E-state index >= 15 is 0 Å². The van der Waals surface area contributed by atoms with Gasteiger partial charge in [-0.1, -0.05) is 31.0 Å². The summed E-state index contributed by atoms with van der Waals surface area (Å²) in [5, 5.41) is 0.405. The number of carbonyl (C=O) groups excluding carboxylic acids is 1. The maximum absolute atomic E-state index is 14.0. The van der Waals surface area contributed by atoms with E-state index in [9.17, 15) is 17.8 Å². The maximum atomic E-state index is 14.0. The zero-order chi connectivity index (χ0) is 36.4. The predicted molar refractivity (Wildman–Crippen MR) is 201 cm³/mol. The van der Waals surface area contributed by atoms with E-state index in [2.05, 4.69) is 34.5 Å². The van der Waals surface area contributed by atoms with Crippen molar-refractivity contribution < 1.29 is 32.0 Å². The first-order chi connectivity index (χ1) is 24.8. The monoisotopic (exact) mass is 759 g/mol. The van der Waals surface area contributed by atoms with Crippen LogP contribution >= 0.6 is 11.6 Å². The van der Waals surface area contributed by atoms with Crippen molar-refractivity contribution in [2.75, 3.05) is 50.9 Å². The molecule has 1 N–H and O–H groups in total. The Kier molecular flexibility index (Phi) is 9.84. The van der Waals surface area contributed by atoms with Crippen LogP contribution in [0.5, 0.6) is 5.75 Å². The third-order valence-electron chi connectivity index (χ3n) is 13.3. The van der Waals surface area contributed by atoms with Gasteiger partial charge in [0.25, 0.3) is 11.8 Å². The SMILES string of the molecule is C=S1(=O)NC(=O)c2ccc3c(c2)N(C[C@@H]2CC[C@H]2[C@H](C2OCC(N4CC(F)(F)C4)CO2)CCC[C@H](C)[C@H]1C)C[C@@]1(CCCc2cc(Cl)ccc21)CO3. The van der Waals surface area contributed by atoms with E-state index in [0.717, 1.165) is 80.9 Å². The molecule has 0 radical (unpaired) electrons. The molecule has 3 fully saturated rings. The molecule has 0 aromatic heterocycles. The predicted octanol–water partition coefficient (Wildman–Crippen LogP) is 6.72. The molecule has 8 nitrogen and oxygen atoms in total. The summed E-state index contributed by atoms with van der Waals surface area (Å²) in [6.45, 7) is 6.32. The molecule has 2 aliphatic carbocycles. The Morgan fingerprint density at radius 3 is 2.50 bits per heavy atom. The smallest absolute Gasteiger partial charge is 0.272 e. The summed E-state index contributed by atoms with van der Waals surface area (Å²) in [7, 11) is -2.96. The maximum Gasteiger partial charge on any atom is 0.272 e. The molecule has 2 aromatic rings. The number of fused-ring (bicyclic) bond motifs is 4. The Bertz CT molecular complexity index is 1780. The van der Waals surface area contributed by atoms with Crippen molar-refractivity contribution in [3.05, 3.63) is 58.1 Å². The van der Waals surface area contributed by atoms with Crippen LogP contribution in [0.4, 0.5) is 14.5 Å². The summed E-state index contributed by atoms with van der Waals surface area (Å²) in [4.78, 5) is 17.9. The third-order valence-corrected chi connectivity index (χ3v) is 15.7. The van der Waals surface area contributed by atoms with Gasteiger partial charge in [-0.25, -0.2) is 13.0 Å². The number of amides is 1. The minimum atomic E-state index is -2.96. The molecule has 4 aliphatic heterocycles. The number of aryl methyl sites for hydroxylation is 1. The topological polar surface area (TPSA) is 80.3 Å². The van der Waals surface area contributed by atoms with E-state index in [1.165, 1.54) is 11.1 Å². The minimum Gasteiger partial charge on any atom is -0.490 e. The number of hydrogen-bond donors (Lipinski definition) is 1. The number of nitrogens with zero attached hydrogens (tertiary/aromatic N) is 2. The summed E-state index contributed by atoms with van der Waals surface area (Å²) >= 11 is 6.48. The highest BCUT2D eigenvalue weighted by molar-refractivity contribution is 7.99. The lowest BCUT2D eigenvalue weighted by molar-refractivity contribution is -0.260. The highest BCUT2D eigenvalue weighted by atomic mass is 35.5. The van der Waals surface area contributed by atoms with Crippen LogP contribution in [0.15, 0.2) is 36.4 Å². The van der Waals surface area contributed by atoms with Crippen molar-refractivity contribution in [3.63, 3.8) is 0 Å². The number of ether oxygens (including phenoxy) is 3. The fourth-order valence-corrected chi connectivity index (χ4v) is 11.5. The van der Waals surface area contributed by atoms with Gasteiger partial charge in [0.1, 0.15) is 5.75 Å². The number of benzene rings is 2. The van der Waals surface area contributed by atoms with Gasteiger partial charge in [-0.15, -0.1) is 0 Å². The van der Waals surface area contributed by atoms with Crippen LogP contribution in [0.2, 0.25) is 5.02 Å². The molecule has 1 saturated carbocycles. The second kappa shape index (κ2) is 14.0. The van der Waals surface area contributed by atoms with E-state index in [4.69, 9.17) is 25.8 Å². The van der Waals surface area contributed by atoms with Gasteiger partial charge in [0.05, 0.1) is 54.3 Å². The number of nitrogens with one attached hydrogen (secondary N) is 1. The van der Waals surface area contributed by atoms with E-state index < -0.39 is 21.9 Å². The summed E-state index contributed by atoms with van der Waals surface area (Å²) in [5.74, 6) is 2.66. The summed E-state index contributed by atoms with van der Waals surface area (Å²) in [5.41, 5.74) is 3.59. The van der Waals surface area contributed by atoms with Crippen LogP contribution in [0.1, 0.15) is 80.3 Å². The van der Waals surface area contributed by atoms with E-state index in [-0.39, 0.29) is 47.5 Å². The van der Waals surface area contributed by atoms with Gasteiger partial charge in [0, 0.05) is 40.3 Å². The molecule has 1 unspecified atom stereocenters. The van der Waals surface area contributed by atoms with E-state index in [1.807, 2.05) is 25.1 Å². The number of likely N-dealkylation sites (tertiary alicyclic amines) is 1. The van der Waals surface area contributed by atoms with Gasteiger partial charge in [-0.2, -0.15) is 0 Å². The van der Waals surface area contributed by atoms with Gasteiger partial charge >= 0.3 is 0 Å². The Hall–Kier alpha value is -2.44. The summed E-state index contributed by atoms with van der Waals surface area (Å²) < 4.78 is 63.6. The lowest BCUT2D eigenvalue weighted by atomic mass is 9.64. The second-order valence-electron chi connectivity index (χ2n) is 16.7. The summed E-state index contributed by atoms with van der Waals surface area (Å²) in [6.07, 6.45) is 7.30. The van der Waals surface area contributed by atoms with E-state index in [1.54, 1.807) is 11.0 Å². The lowest BCUT2D eigenvalue weighted by Gasteiger charge is -2.50. The van der Waals surface area contributed by atoms with Crippen LogP contribution in [-0.2, 0) is 31.0 Å². The number of hydrogen-bond acceptors (Lipinski definition) is 7. The van der Waals surface area contributed by atoms with Gasteiger partial charge in [-0.3, -0.25) is 14.4 Å². The average Bonchev–Trinajstić information content (AvgIpc) is 3.24. The molecule has 1 spiro atoms. The van der Waals surface area contributed by atoms with Crippen molar-refractivity contribution in [3.8, 4) is 5.75 Å². The zero-order valence-corrected chi connectivity index (χ0v) is 31.9. The quantitative estimate of drug-likeness (QED) is 0.341. The lowest BCUT2D eigenvalue weighted by Crippen LogP contribution is -2.63. The normalized spacial score (nSPS) is 38.1. The van der Waals surface area contributed by atoms with Crippen LogP contribution in [0.25, 0.3) is 0 Å². The molecule has 52 heavy (non-hydrogen) atoms. The number of alkyl halides is 2. The van der Waals surface area contributed by atoms with E-state index in [0.29, 0.717) is 37.2 Å². The second-order valence-corrected chi connectivity index (χ2v) is 19.5. The Balaban J connectivity index is 1.13. The number of anilines is 1. The Morgan fingerprint density at radius 1 is 0.981 bits per heavy atom. The molecule has 1 amide bonds. The first kappa shape index (κ1) is 36.5. The van der Waals surface area contributed by atoms with Gasteiger partial charge < -0.3 is 19.1 Å². The molecule has 2 bridgehead atoms. The fraction of sp³-hybridized carbons (Fsp3) is 0.650. The highest BCUT2D eigenvalue weighted by Gasteiger charge is 2.50. The van der Waals surface area contributed by atoms with Crippen LogP contribution in [0, 0.1) is 23.7 Å². The fourth-order valence-electron chi connectivity index (χ4n) is 9.84. The van der Waals surface area contributed by atoms with Crippen molar-refractivity contribution in [2.45, 2.75) is 94.1 Å². The molecule has 7 atom stereocenters. The molecule has 2 aromatic carbocycles. The van der Waals surface area contributed by atoms with Gasteiger partial charge in [0.2, 0.25) is 0 Å². The van der Waals surface area contributed by atoms with Crippen LogP contribution in [-0.4, -0.2) is 90.4 Å². The minimum absolute atomic E-state index is 0.0575. The number of carbonyl (C=O) groups is 1. The van der Waals surface area contributed by atoms with Gasteiger partial charge in [-0.05, 0) is 117 Å². The Morgan fingerprint density at radius 2 is 1.77 bits per heavy atom. The zero-order valence-electron chi connectivity index (χ0n) is 30.3. The summed E-state index contributed by atoms with van der Waals surface area (Å²) in [6, 6.07) is 11.6. The molecule has 12 heteroatoms.